The van der Waals surface area contributed by atoms with Gasteiger partial charge in [0.1, 0.15) is 0 Å². The molecule has 0 bridgehead atoms. The van der Waals surface area contributed by atoms with Crippen LogP contribution in [-0.4, -0.2) is 24.6 Å². The molecule has 0 aromatic rings. The summed E-state index contributed by atoms with van der Waals surface area (Å²) in [4.78, 5) is 12.9. The van der Waals surface area contributed by atoms with E-state index in [1.54, 1.807) is 6.08 Å². The van der Waals surface area contributed by atoms with Crippen LogP contribution in [0.1, 0.15) is 13.3 Å². The zero-order valence-electron chi connectivity index (χ0n) is 8.59. The lowest BCUT2D eigenvalue weighted by molar-refractivity contribution is 0.138. The van der Waals surface area contributed by atoms with E-state index in [9.17, 15) is 4.79 Å². The minimum absolute atomic E-state index is 0.384. The Labute approximate surface area is 99.3 Å². The largest absolute Gasteiger partial charge is 0.452 e. The van der Waals surface area contributed by atoms with E-state index in [1.165, 1.54) is 12.0 Å². The summed E-state index contributed by atoms with van der Waals surface area (Å²) < 4.78 is 4.65. The van der Waals surface area contributed by atoms with Crippen LogP contribution < -0.4 is 0 Å². The highest BCUT2D eigenvalue weighted by molar-refractivity contribution is 6.44. The number of carbonyl (C=O) groups excluding carboxylic acids is 1. The topological polar surface area (TPSA) is 29.5 Å². The van der Waals surface area contributed by atoms with Gasteiger partial charge in [0.05, 0.1) is 17.2 Å². The molecule has 83 valence electrons. The Morgan fingerprint density at radius 3 is 2.80 bits per heavy atom. The molecule has 1 aliphatic rings. The number of allylic oxidation sites excluding steroid dienone is 4. The monoisotopic (exact) mass is 248 g/mol. The van der Waals surface area contributed by atoms with Gasteiger partial charge in [0.2, 0.25) is 0 Å². The Morgan fingerprint density at radius 2 is 2.27 bits per heavy atom. The van der Waals surface area contributed by atoms with E-state index in [4.69, 9.17) is 23.2 Å². The third-order valence-electron chi connectivity index (χ3n) is 2.04. The molecule has 3 nitrogen and oxygen atoms in total. The number of rotatable bonds is 2. The van der Waals surface area contributed by atoms with Crippen molar-refractivity contribution in [2.75, 3.05) is 13.7 Å². The highest BCUT2D eigenvalue weighted by Crippen LogP contribution is 2.32. The van der Waals surface area contributed by atoms with Crippen molar-refractivity contribution in [1.29, 1.82) is 0 Å². The Hall–Kier alpha value is -0.670. The molecule has 0 unspecified atom stereocenters. The molecule has 0 atom stereocenters. The smallest absolute Gasteiger partial charge is 0.413 e. The lowest BCUT2D eigenvalue weighted by Gasteiger charge is -2.25. The average Bonchev–Trinajstić information content (AvgIpc) is 2.24. The number of nitrogens with zero attached hydrogens (tertiary/aromatic N) is 1. The predicted octanol–water partition coefficient (Wildman–Crippen LogP) is 3.26. The van der Waals surface area contributed by atoms with Gasteiger partial charge in [-0.25, -0.2) is 4.79 Å². The first-order chi connectivity index (χ1) is 7.11. The fourth-order valence-electron chi connectivity index (χ4n) is 1.31. The second-order valence-corrected chi connectivity index (χ2v) is 3.69. The van der Waals surface area contributed by atoms with E-state index in [0.717, 1.165) is 0 Å². The minimum Gasteiger partial charge on any atom is -0.452 e. The first-order valence-corrected chi connectivity index (χ1v) is 5.31. The van der Waals surface area contributed by atoms with Crippen LogP contribution in [0, 0.1) is 6.42 Å². The van der Waals surface area contributed by atoms with Crippen molar-refractivity contribution in [3.05, 3.63) is 28.3 Å². The molecule has 15 heavy (non-hydrogen) atoms. The molecule has 1 rings (SSSR count). The van der Waals surface area contributed by atoms with Gasteiger partial charge in [0.15, 0.2) is 0 Å². The summed E-state index contributed by atoms with van der Waals surface area (Å²) >= 11 is 11.9. The summed E-state index contributed by atoms with van der Waals surface area (Å²) in [5.74, 6) is 0. The predicted molar refractivity (Wildman–Crippen MR) is 60.5 cm³/mol. The molecule has 0 heterocycles. The second-order valence-electron chi connectivity index (χ2n) is 2.91. The van der Waals surface area contributed by atoms with Crippen LogP contribution in [0.2, 0.25) is 0 Å². The maximum atomic E-state index is 11.4. The number of ether oxygens (including phenoxy) is 1. The van der Waals surface area contributed by atoms with Crippen LogP contribution >= 0.6 is 23.2 Å². The minimum atomic E-state index is -0.437. The first-order valence-electron chi connectivity index (χ1n) is 4.56. The Kier molecular flexibility index (Phi) is 4.48. The summed E-state index contributed by atoms with van der Waals surface area (Å²) in [5.41, 5.74) is 0.610. The molecule has 1 amide bonds. The van der Waals surface area contributed by atoms with Gasteiger partial charge >= 0.3 is 6.09 Å². The second kappa shape index (κ2) is 5.42. The normalized spacial score (nSPS) is 16.1. The third-order valence-corrected chi connectivity index (χ3v) is 2.88. The van der Waals surface area contributed by atoms with E-state index < -0.39 is 6.09 Å². The lowest BCUT2D eigenvalue weighted by atomic mass is 10.1. The Balaban J connectivity index is 2.98. The molecule has 0 saturated heterocycles. The molecular weight excluding hydrogens is 237 g/mol. The average molecular weight is 249 g/mol. The molecule has 5 heteroatoms. The maximum absolute atomic E-state index is 11.4. The first kappa shape index (κ1) is 12.4. The highest BCUT2D eigenvalue weighted by Gasteiger charge is 2.23. The van der Waals surface area contributed by atoms with E-state index in [0.29, 0.717) is 28.7 Å². The molecule has 0 saturated carbocycles. The fourth-order valence-corrected chi connectivity index (χ4v) is 1.75. The van der Waals surface area contributed by atoms with Crippen LogP contribution in [0.5, 0.6) is 0 Å². The van der Waals surface area contributed by atoms with E-state index in [1.807, 2.05) is 13.3 Å². The van der Waals surface area contributed by atoms with Gasteiger partial charge in [-0.05, 0) is 13.3 Å². The van der Waals surface area contributed by atoms with Crippen LogP contribution in [0.15, 0.2) is 21.8 Å². The van der Waals surface area contributed by atoms with Gasteiger partial charge in [-0.2, -0.15) is 0 Å². The van der Waals surface area contributed by atoms with Crippen molar-refractivity contribution in [2.24, 2.45) is 0 Å². The zero-order chi connectivity index (χ0) is 11.4. The van der Waals surface area contributed by atoms with Crippen molar-refractivity contribution in [3.63, 3.8) is 0 Å². The van der Waals surface area contributed by atoms with Crippen molar-refractivity contribution in [3.8, 4) is 0 Å². The van der Waals surface area contributed by atoms with Gasteiger partial charge in [-0.1, -0.05) is 29.3 Å². The summed E-state index contributed by atoms with van der Waals surface area (Å²) in [7, 11) is 1.33. The van der Waals surface area contributed by atoms with Gasteiger partial charge in [0.25, 0.3) is 0 Å². The van der Waals surface area contributed by atoms with Crippen LogP contribution in [-0.2, 0) is 4.74 Å². The number of amides is 1. The van der Waals surface area contributed by atoms with Gasteiger partial charge in [-0.15, -0.1) is 0 Å². The lowest BCUT2D eigenvalue weighted by Crippen LogP contribution is -2.31. The molecule has 0 aliphatic heterocycles. The van der Waals surface area contributed by atoms with Crippen molar-refractivity contribution < 1.29 is 9.53 Å². The molecule has 1 aliphatic carbocycles. The summed E-state index contributed by atoms with van der Waals surface area (Å²) in [5, 5.41) is 0.853. The van der Waals surface area contributed by atoms with Crippen molar-refractivity contribution >= 4 is 29.3 Å². The van der Waals surface area contributed by atoms with Gasteiger partial charge < -0.3 is 4.74 Å². The Morgan fingerprint density at radius 1 is 1.60 bits per heavy atom. The van der Waals surface area contributed by atoms with E-state index in [-0.39, 0.29) is 0 Å². The number of methoxy groups -OCH3 is 1. The summed E-state index contributed by atoms with van der Waals surface area (Å²) in [6, 6.07) is 0. The van der Waals surface area contributed by atoms with E-state index >= 15 is 0 Å². The number of hydrogen-bond acceptors (Lipinski definition) is 2. The molecule has 0 fully saturated rings. The van der Waals surface area contributed by atoms with Crippen LogP contribution in [0.3, 0.4) is 0 Å². The SMILES string of the molecule is CCN(C(=O)OC)C1=C(Cl)C(Cl)=CC[CH]1. The molecular formula is C10H12Cl2NO2. The number of hydrogen-bond donors (Lipinski definition) is 0. The molecule has 0 aromatic carbocycles. The van der Waals surface area contributed by atoms with Crippen molar-refractivity contribution in [2.45, 2.75) is 13.3 Å². The van der Waals surface area contributed by atoms with E-state index in [2.05, 4.69) is 4.74 Å². The quantitative estimate of drug-likeness (QED) is 0.751. The number of carbonyl (C=O) groups is 1. The summed E-state index contributed by atoms with van der Waals surface area (Å²) in [6.07, 6.45) is 3.86. The number of halogens is 2. The molecule has 1 radical (unpaired) electrons. The molecule has 0 spiro atoms. The van der Waals surface area contributed by atoms with Crippen molar-refractivity contribution in [1.82, 2.24) is 4.90 Å². The highest BCUT2D eigenvalue weighted by atomic mass is 35.5. The standard InChI is InChI=1S/C10H12Cl2NO2/c1-3-13(10(14)15-2)8-6-4-5-7(11)9(8)12/h5-6H,3-4H2,1-2H3. The molecule has 0 aromatic heterocycles. The van der Waals surface area contributed by atoms with Gasteiger partial charge in [0, 0.05) is 18.7 Å². The van der Waals surface area contributed by atoms with Crippen LogP contribution in [0.4, 0.5) is 4.79 Å². The summed E-state index contributed by atoms with van der Waals surface area (Å²) in [6.45, 7) is 2.33. The van der Waals surface area contributed by atoms with Crippen LogP contribution in [0.25, 0.3) is 0 Å². The fraction of sp³-hybridized carbons (Fsp3) is 0.400. The van der Waals surface area contributed by atoms with Gasteiger partial charge in [-0.3, -0.25) is 4.90 Å². The maximum Gasteiger partial charge on any atom is 0.413 e. The Bertz CT molecular complexity index is 323. The zero-order valence-corrected chi connectivity index (χ0v) is 10.1. The molecule has 0 N–H and O–H groups in total. The third kappa shape index (κ3) is 2.67.